The monoisotopic (exact) mass is 256 g/mol. The highest BCUT2D eigenvalue weighted by atomic mass is 16.5. The predicted octanol–water partition coefficient (Wildman–Crippen LogP) is 0.527. The molecule has 2 saturated heterocycles. The number of nitrogens with one attached hydrogen (secondary N) is 1. The molecule has 2 aliphatic heterocycles. The summed E-state index contributed by atoms with van der Waals surface area (Å²) < 4.78 is 5.13. The van der Waals surface area contributed by atoms with Crippen LogP contribution in [-0.2, 0) is 9.53 Å². The molecule has 0 aromatic heterocycles. The lowest BCUT2D eigenvalue weighted by molar-refractivity contribution is -0.142. The highest BCUT2D eigenvalue weighted by Gasteiger charge is 2.36. The average molecular weight is 256 g/mol. The zero-order chi connectivity index (χ0) is 13.1. The van der Waals surface area contributed by atoms with Crippen molar-refractivity contribution in [2.75, 3.05) is 26.3 Å². The normalized spacial score (nSPS) is 32.3. The Hall–Kier alpha value is -1.30. The number of piperidine rings is 1. The molecule has 18 heavy (non-hydrogen) atoms. The maximum atomic E-state index is 12.0. The molecule has 2 rings (SSSR count). The van der Waals surface area contributed by atoms with Gasteiger partial charge in [0.15, 0.2) is 0 Å². The van der Waals surface area contributed by atoms with Gasteiger partial charge in [0.05, 0.1) is 19.3 Å². The van der Waals surface area contributed by atoms with Gasteiger partial charge < -0.3 is 20.1 Å². The average Bonchev–Trinajstić information content (AvgIpc) is 2.77. The van der Waals surface area contributed by atoms with Crippen LogP contribution in [0.25, 0.3) is 0 Å². The summed E-state index contributed by atoms with van der Waals surface area (Å²) in [6.45, 7) is 4.08. The number of amides is 2. The Balaban J connectivity index is 1.88. The fourth-order valence-electron chi connectivity index (χ4n) is 2.56. The number of hydrogen-bond donors (Lipinski definition) is 2. The van der Waals surface area contributed by atoms with Crippen LogP contribution in [0.2, 0.25) is 0 Å². The molecule has 2 aliphatic rings. The van der Waals surface area contributed by atoms with Crippen molar-refractivity contribution in [2.24, 2.45) is 11.8 Å². The van der Waals surface area contributed by atoms with E-state index in [0.29, 0.717) is 5.92 Å². The van der Waals surface area contributed by atoms with E-state index < -0.39 is 17.9 Å². The molecule has 0 saturated carbocycles. The number of nitrogens with zero attached hydrogens (tertiary/aromatic N) is 1. The van der Waals surface area contributed by atoms with Crippen LogP contribution in [0.5, 0.6) is 0 Å². The molecule has 0 aromatic rings. The lowest BCUT2D eigenvalue weighted by atomic mass is 10.0. The maximum absolute atomic E-state index is 12.0. The molecule has 6 nitrogen and oxygen atoms in total. The maximum Gasteiger partial charge on any atom is 0.317 e. The van der Waals surface area contributed by atoms with Gasteiger partial charge in [-0.25, -0.2) is 4.79 Å². The minimum absolute atomic E-state index is 0.164. The van der Waals surface area contributed by atoms with E-state index in [0.717, 1.165) is 25.9 Å². The van der Waals surface area contributed by atoms with E-state index in [2.05, 4.69) is 12.2 Å². The molecule has 2 fully saturated rings. The zero-order valence-electron chi connectivity index (χ0n) is 10.6. The minimum Gasteiger partial charge on any atom is -0.481 e. The first-order valence-electron chi connectivity index (χ1n) is 6.44. The second-order valence-electron chi connectivity index (χ2n) is 5.23. The Morgan fingerprint density at radius 2 is 2.17 bits per heavy atom. The Labute approximate surface area is 106 Å². The number of likely N-dealkylation sites (tertiary alicyclic amines) is 1. The predicted molar refractivity (Wildman–Crippen MR) is 64.2 cm³/mol. The Morgan fingerprint density at radius 1 is 1.39 bits per heavy atom. The molecule has 2 amide bonds. The van der Waals surface area contributed by atoms with Crippen molar-refractivity contribution in [3.05, 3.63) is 0 Å². The van der Waals surface area contributed by atoms with Crippen LogP contribution >= 0.6 is 0 Å². The Kier molecular flexibility index (Phi) is 4.06. The third kappa shape index (κ3) is 2.93. The van der Waals surface area contributed by atoms with E-state index in [1.165, 1.54) is 0 Å². The van der Waals surface area contributed by atoms with Crippen molar-refractivity contribution in [1.82, 2.24) is 10.2 Å². The van der Waals surface area contributed by atoms with E-state index in [9.17, 15) is 9.59 Å². The molecule has 0 aliphatic carbocycles. The number of urea groups is 1. The van der Waals surface area contributed by atoms with Crippen molar-refractivity contribution in [2.45, 2.75) is 25.8 Å². The van der Waals surface area contributed by atoms with Crippen molar-refractivity contribution in [3.63, 3.8) is 0 Å². The summed E-state index contributed by atoms with van der Waals surface area (Å²) in [6, 6.07) is -0.574. The second-order valence-corrected chi connectivity index (χ2v) is 5.23. The van der Waals surface area contributed by atoms with Gasteiger partial charge in [-0.2, -0.15) is 0 Å². The molecule has 0 spiro atoms. The molecular weight excluding hydrogens is 236 g/mol. The molecular formula is C12H20N2O4. The quantitative estimate of drug-likeness (QED) is 0.755. The van der Waals surface area contributed by atoms with E-state index in [-0.39, 0.29) is 19.2 Å². The molecule has 6 heteroatoms. The van der Waals surface area contributed by atoms with Crippen LogP contribution in [-0.4, -0.2) is 54.4 Å². The fraction of sp³-hybridized carbons (Fsp3) is 0.833. The lowest BCUT2D eigenvalue weighted by Crippen LogP contribution is -2.51. The van der Waals surface area contributed by atoms with Crippen molar-refractivity contribution in [1.29, 1.82) is 0 Å². The molecule has 3 unspecified atom stereocenters. The SMILES string of the molecule is CC1CCCN(C(=O)NC2COCC2C(=O)O)C1. The van der Waals surface area contributed by atoms with Crippen LogP contribution in [0.3, 0.4) is 0 Å². The highest BCUT2D eigenvalue weighted by Crippen LogP contribution is 2.17. The smallest absolute Gasteiger partial charge is 0.317 e. The summed E-state index contributed by atoms with van der Waals surface area (Å²) in [5.74, 6) is -1.03. The summed E-state index contributed by atoms with van der Waals surface area (Å²) in [6.07, 6.45) is 2.16. The minimum atomic E-state index is -0.912. The van der Waals surface area contributed by atoms with Gasteiger partial charge in [0, 0.05) is 13.1 Å². The summed E-state index contributed by atoms with van der Waals surface area (Å²) in [5, 5.41) is 11.8. The molecule has 0 aromatic carbocycles. The fourth-order valence-corrected chi connectivity index (χ4v) is 2.56. The molecule has 0 bridgehead atoms. The Bertz CT molecular complexity index is 334. The van der Waals surface area contributed by atoms with Gasteiger partial charge in [0.25, 0.3) is 0 Å². The van der Waals surface area contributed by atoms with E-state index in [4.69, 9.17) is 9.84 Å². The van der Waals surface area contributed by atoms with Crippen molar-refractivity contribution >= 4 is 12.0 Å². The van der Waals surface area contributed by atoms with Gasteiger partial charge in [-0.3, -0.25) is 4.79 Å². The van der Waals surface area contributed by atoms with Crippen molar-refractivity contribution in [3.8, 4) is 0 Å². The van der Waals surface area contributed by atoms with Gasteiger partial charge in [0.2, 0.25) is 0 Å². The number of carbonyl (C=O) groups is 2. The van der Waals surface area contributed by atoms with Crippen LogP contribution in [0.4, 0.5) is 4.79 Å². The first-order chi connectivity index (χ1) is 8.58. The summed E-state index contributed by atoms with van der Waals surface area (Å²) >= 11 is 0. The number of carboxylic acid groups (broad SMARTS) is 1. The topological polar surface area (TPSA) is 78.9 Å². The van der Waals surface area contributed by atoms with Gasteiger partial charge >= 0.3 is 12.0 Å². The zero-order valence-corrected chi connectivity index (χ0v) is 10.6. The number of carbonyl (C=O) groups excluding carboxylic acids is 1. The largest absolute Gasteiger partial charge is 0.481 e. The summed E-state index contributed by atoms with van der Waals surface area (Å²) in [5.41, 5.74) is 0. The second kappa shape index (κ2) is 5.56. The van der Waals surface area contributed by atoms with Gasteiger partial charge in [-0.05, 0) is 18.8 Å². The number of ether oxygens (including phenoxy) is 1. The van der Waals surface area contributed by atoms with E-state index >= 15 is 0 Å². The van der Waals surface area contributed by atoms with Gasteiger partial charge in [0.1, 0.15) is 5.92 Å². The standard InChI is InChI=1S/C12H20N2O4/c1-8-3-2-4-14(5-8)12(17)13-10-7-18-6-9(10)11(15)16/h8-10H,2-7H2,1H3,(H,13,17)(H,15,16). The van der Waals surface area contributed by atoms with E-state index in [1.807, 2.05) is 0 Å². The van der Waals surface area contributed by atoms with Crippen LogP contribution in [0.1, 0.15) is 19.8 Å². The molecule has 0 radical (unpaired) electrons. The van der Waals surface area contributed by atoms with Crippen LogP contribution in [0, 0.1) is 11.8 Å². The molecule has 3 atom stereocenters. The number of rotatable bonds is 2. The molecule has 2 heterocycles. The first kappa shape index (κ1) is 13.1. The number of carboxylic acids is 1. The number of hydrogen-bond acceptors (Lipinski definition) is 3. The van der Waals surface area contributed by atoms with Gasteiger partial charge in [-0.1, -0.05) is 6.92 Å². The summed E-state index contributed by atoms with van der Waals surface area (Å²) in [4.78, 5) is 24.8. The lowest BCUT2D eigenvalue weighted by Gasteiger charge is -2.32. The first-order valence-corrected chi connectivity index (χ1v) is 6.44. The Morgan fingerprint density at radius 3 is 2.83 bits per heavy atom. The third-order valence-electron chi connectivity index (χ3n) is 3.65. The third-order valence-corrected chi connectivity index (χ3v) is 3.65. The molecule has 102 valence electrons. The summed E-state index contributed by atoms with van der Waals surface area (Å²) in [7, 11) is 0. The van der Waals surface area contributed by atoms with E-state index in [1.54, 1.807) is 4.90 Å². The van der Waals surface area contributed by atoms with Gasteiger partial charge in [-0.15, -0.1) is 0 Å². The number of aliphatic carboxylic acids is 1. The van der Waals surface area contributed by atoms with Crippen LogP contribution < -0.4 is 5.32 Å². The van der Waals surface area contributed by atoms with Crippen molar-refractivity contribution < 1.29 is 19.4 Å². The van der Waals surface area contributed by atoms with Crippen LogP contribution in [0.15, 0.2) is 0 Å². The molecule has 2 N–H and O–H groups in total. The highest BCUT2D eigenvalue weighted by molar-refractivity contribution is 5.77.